The number of carboxylic acid groups (broad SMARTS) is 1. The minimum absolute atomic E-state index is 0.0319. The van der Waals surface area contributed by atoms with Crippen molar-refractivity contribution in [2.75, 3.05) is 6.54 Å². The lowest BCUT2D eigenvalue weighted by atomic mass is 10.1. The van der Waals surface area contributed by atoms with Crippen LogP contribution in [0.5, 0.6) is 0 Å². The van der Waals surface area contributed by atoms with Crippen molar-refractivity contribution in [2.24, 2.45) is 0 Å². The largest absolute Gasteiger partial charge is 0.476 e. The van der Waals surface area contributed by atoms with E-state index >= 15 is 0 Å². The summed E-state index contributed by atoms with van der Waals surface area (Å²) in [5.41, 5.74) is 3.07. The molecule has 0 spiro atoms. The molecule has 1 aromatic heterocycles. The number of halogens is 1. The lowest BCUT2D eigenvalue weighted by Gasteiger charge is -2.28. The van der Waals surface area contributed by atoms with Gasteiger partial charge in [-0.2, -0.15) is 5.10 Å². The van der Waals surface area contributed by atoms with Gasteiger partial charge in [0.1, 0.15) is 0 Å². The molecule has 0 bridgehead atoms. The summed E-state index contributed by atoms with van der Waals surface area (Å²) in [6, 6.07) is 16.5. The van der Waals surface area contributed by atoms with Crippen LogP contribution in [0.3, 0.4) is 0 Å². The molecule has 0 saturated heterocycles. The van der Waals surface area contributed by atoms with Crippen LogP contribution in [-0.2, 0) is 19.5 Å². The molecule has 29 heavy (non-hydrogen) atoms. The van der Waals surface area contributed by atoms with Crippen molar-refractivity contribution < 1.29 is 14.7 Å². The van der Waals surface area contributed by atoms with Gasteiger partial charge in [-0.15, -0.1) is 0 Å². The second-order valence-corrected chi connectivity index (χ2v) is 7.22. The summed E-state index contributed by atoms with van der Waals surface area (Å²) in [6.45, 7) is 1.09. The zero-order chi connectivity index (χ0) is 20.4. The third-order valence-corrected chi connectivity index (χ3v) is 5.16. The van der Waals surface area contributed by atoms with Gasteiger partial charge in [-0.3, -0.25) is 0 Å². The molecule has 1 aliphatic rings. The highest BCUT2D eigenvalue weighted by atomic mass is 35.5. The van der Waals surface area contributed by atoms with E-state index in [0.29, 0.717) is 30.1 Å². The maximum absolute atomic E-state index is 12.6. The van der Waals surface area contributed by atoms with E-state index in [4.69, 9.17) is 11.6 Å². The maximum atomic E-state index is 12.6. The van der Waals surface area contributed by atoms with Crippen LogP contribution in [0.1, 0.15) is 27.3 Å². The van der Waals surface area contributed by atoms with Crippen LogP contribution in [0.4, 0.5) is 4.79 Å². The quantitative estimate of drug-likeness (QED) is 0.689. The highest BCUT2D eigenvalue weighted by Gasteiger charge is 2.30. The number of hydrogen-bond donors (Lipinski definition) is 2. The zero-order valence-corrected chi connectivity index (χ0v) is 16.3. The van der Waals surface area contributed by atoms with E-state index in [-0.39, 0.29) is 18.3 Å². The number of rotatable bonds is 4. The van der Waals surface area contributed by atoms with Gasteiger partial charge in [-0.05, 0) is 29.8 Å². The van der Waals surface area contributed by atoms with Gasteiger partial charge in [0.15, 0.2) is 5.69 Å². The van der Waals surface area contributed by atoms with Crippen LogP contribution in [0.15, 0.2) is 54.6 Å². The van der Waals surface area contributed by atoms with Crippen LogP contribution < -0.4 is 5.32 Å². The van der Waals surface area contributed by atoms with Crippen LogP contribution in [0.2, 0.25) is 5.02 Å². The van der Waals surface area contributed by atoms with E-state index in [1.54, 1.807) is 33.8 Å². The van der Waals surface area contributed by atoms with E-state index in [1.807, 2.05) is 30.3 Å². The Balaban J connectivity index is 1.56. The Morgan fingerprint density at radius 1 is 1.10 bits per heavy atom. The van der Waals surface area contributed by atoms with Crippen LogP contribution >= 0.6 is 11.6 Å². The number of nitrogens with zero attached hydrogens (tertiary/aromatic N) is 3. The average molecular weight is 411 g/mol. The van der Waals surface area contributed by atoms with Gasteiger partial charge in [0.25, 0.3) is 0 Å². The number of carboxylic acids is 1. The van der Waals surface area contributed by atoms with Crippen molar-refractivity contribution in [1.29, 1.82) is 0 Å². The predicted octanol–water partition coefficient (Wildman–Crippen LogP) is 3.49. The summed E-state index contributed by atoms with van der Waals surface area (Å²) in [4.78, 5) is 26.0. The number of carbonyl (C=O) groups excluding carboxylic acids is 1. The predicted molar refractivity (Wildman–Crippen MR) is 108 cm³/mol. The lowest BCUT2D eigenvalue weighted by Crippen LogP contribution is -2.42. The number of aromatic nitrogens is 2. The Kier molecular flexibility index (Phi) is 5.22. The van der Waals surface area contributed by atoms with E-state index in [0.717, 1.165) is 16.9 Å². The SMILES string of the molecule is O=C(O)c1nn(-c2ccc(Cl)cc2)c2c1CN(C(=O)NCc1ccccc1)CC2. The van der Waals surface area contributed by atoms with Crippen molar-refractivity contribution in [3.8, 4) is 5.69 Å². The number of urea groups is 1. The van der Waals surface area contributed by atoms with Crippen molar-refractivity contribution >= 4 is 23.6 Å². The molecule has 4 rings (SSSR count). The number of amides is 2. The Bertz CT molecular complexity index is 1050. The third-order valence-electron chi connectivity index (χ3n) is 4.90. The van der Waals surface area contributed by atoms with Gasteiger partial charge >= 0.3 is 12.0 Å². The number of carbonyl (C=O) groups is 2. The molecule has 1 aliphatic heterocycles. The minimum Gasteiger partial charge on any atom is -0.476 e. The Morgan fingerprint density at radius 3 is 2.52 bits per heavy atom. The van der Waals surface area contributed by atoms with Crippen LogP contribution in [0.25, 0.3) is 5.69 Å². The summed E-state index contributed by atoms with van der Waals surface area (Å²) < 4.78 is 1.63. The molecule has 0 saturated carbocycles. The molecule has 0 atom stereocenters. The van der Waals surface area contributed by atoms with Gasteiger partial charge in [-0.1, -0.05) is 41.9 Å². The van der Waals surface area contributed by atoms with Crippen LogP contribution in [0, 0.1) is 0 Å². The molecule has 2 aromatic carbocycles. The Labute approximate surface area is 172 Å². The summed E-state index contributed by atoms with van der Waals surface area (Å²) >= 11 is 5.95. The number of benzene rings is 2. The van der Waals surface area contributed by atoms with E-state index in [2.05, 4.69) is 10.4 Å². The van der Waals surface area contributed by atoms with Gasteiger partial charge in [0, 0.05) is 30.1 Å². The van der Waals surface area contributed by atoms with Crippen molar-refractivity contribution in [3.05, 3.63) is 82.1 Å². The second kappa shape index (κ2) is 7.97. The summed E-state index contributed by atoms with van der Waals surface area (Å²) in [6.07, 6.45) is 0.511. The first-order chi connectivity index (χ1) is 14.0. The summed E-state index contributed by atoms with van der Waals surface area (Å²) in [5.74, 6) is -1.11. The standard InChI is InChI=1S/C21H19ClN4O3/c22-15-6-8-16(9-7-15)26-18-10-11-25(13-17(18)19(24-26)20(27)28)21(29)23-12-14-4-2-1-3-5-14/h1-9H,10-13H2,(H,23,29)(H,27,28). The fraction of sp³-hybridized carbons (Fsp3) is 0.190. The van der Waals surface area contributed by atoms with E-state index < -0.39 is 5.97 Å². The topological polar surface area (TPSA) is 87.5 Å². The molecule has 0 fully saturated rings. The zero-order valence-electron chi connectivity index (χ0n) is 15.5. The normalized spacial score (nSPS) is 13.1. The highest BCUT2D eigenvalue weighted by molar-refractivity contribution is 6.30. The first kappa shape index (κ1) is 19.0. The Hall–Kier alpha value is -3.32. The van der Waals surface area contributed by atoms with Crippen molar-refractivity contribution in [1.82, 2.24) is 20.0 Å². The molecular formula is C21H19ClN4O3. The number of fused-ring (bicyclic) bond motifs is 1. The third kappa shape index (κ3) is 3.95. The molecule has 0 unspecified atom stereocenters. The molecule has 2 N–H and O–H groups in total. The van der Waals surface area contributed by atoms with Crippen molar-refractivity contribution in [3.63, 3.8) is 0 Å². The molecule has 0 aliphatic carbocycles. The molecule has 148 valence electrons. The monoisotopic (exact) mass is 410 g/mol. The lowest BCUT2D eigenvalue weighted by molar-refractivity contribution is 0.0687. The number of nitrogens with one attached hydrogen (secondary N) is 1. The van der Waals surface area contributed by atoms with Crippen LogP contribution in [-0.4, -0.2) is 38.3 Å². The molecule has 7 nitrogen and oxygen atoms in total. The smallest absolute Gasteiger partial charge is 0.356 e. The molecule has 0 radical (unpaired) electrons. The van der Waals surface area contributed by atoms with E-state index in [1.165, 1.54) is 0 Å². The van der Waals surface area contributed by atoms with Gasteiger partial charge in [-0.25, -0.2) is 14.3 Å². The second-order valence-electron chi connectivity index (χ2n) is 6.78. The maximum Gasteiger partial charge on any atom is 0.356 e. The van der Waals surface area contributed by atoms with Gasteiger partial charge < -0.3 is 15.3 Å². The van der Waals surface area contributed by atoms with Crippen molar-refractivity contribution in [2.45, 2.75) is 19.5 Å². The number of aromatic carboxylic acids is 1. The summed E-state index contributed by atoms with van der Waals surface area (Å²) in [5, 5.41) is 17.4. The fourth-order valence-corrected chi connectivity index (χ4v) is 3.57. The summed E-state index contributed by atoms with van der Waals surface area (Å²) in [7, 11) is 0. The molecule has 3 aromatic rings. The molecule has 8 heteroatoms. The number of hydrogen-bond acceptors (Lipinski definition) is 3. The average Bonchev–Trinajstić information content (AvgIpc) is 3.12. The molecular weight excluding hydrogens is 392 g/mol. The first-order valence-electron chi connectivity index (χ1n) is 9.19. The first-order valence-corrected chi connectivity index (χ1v) is 9.57. The minimum atomic E-state index is -1.11. The molecule has 2 amide bonds. The highest BCUT2D eigenvalue weighted by Crippen LogP contribution is 2.26. The van der Waals surface area contributed by atoms with E-state index in [9.17, 15) is 14.7 Å². The van der Waals surface area contributed by atoms with Gasteiger partial charge in [0.2, 0.25) is 0 Å². The molecule has 2 heterocycles. The Morgan fingerprint density at radius 2 is 1.83 bits per heavy atom. The fourth-order valence-electron chi connectivity index (χ4n) is 3.45. The van der Waals surface area contributed by atoms with Gasteiger partial charge in [0.05, 0.1) is 17.9 Å².